The first kappa shape index (κ1) is 18.6. The first-order chi connectivity index (χ1) is 12.5. The molecule has 0 aliphatic carbocycles. The SMILES string of the molecule is CCN(CC)CCN(C(=O)c1ccco1)c1nc2cc(C)cc(C)c2s1. The summed E-state index contributed by atoms with van der Waals surface area (Å²) in [5, 5.41) is 0.724. The number of benzene rings is 1. The number of amides is 1. The summed E-state index contributed by atoms with van der Waals surface area (Å²) < 4.78 is 6.48. The van der Waals surface area contributed by atoms with E-state index in [0.29, 0.717) is 12.3 Å². The molecule has 26 heavy (non-hydrogen) atoms. The Morgan fingerprint density at radius 1 is 1.19 bits per heavy atom. The molecule has 1 amide bonds. The van der Waals surface area contributed by atoms with Gasteiger partial charge in [-0.15, -0.1) is 0 Å². The molecule has 0 fully saturated rings. The number of anilines is 1. The van der Waals surface area contributed by atoms with Crippen molar-refractivity contribution in [2.75, 3.05) is 31.1 Å². The van der Waals surface area contributed by atoms with Crippen LogP contribution >= 0.6 is 11.3 Å². The van der Waals surface area contributed by atoms with Gasteiger partial charge in [0.1, 0.15) is 0 Å². The van der Waals surface area contributed by atoms with E-state index >= 15 is 0 Å². The topological polar surface area (TPSA) is 49.6 Å². The van der Waals surface area contributed by atoms with Crippen LogP contribution in [0.5, 0.6) is 0 Å². The van der Waals surface area contributed by atoms with Gasteiger partial charge in [-0.3, -0.25) is 9.69 Å². The van der Waals surface area contributed by atoms with E-state index in [1.54, 1.807) is 28.4 Å². The van der Waals surface area contributed by atoms with E-state index in [-0.39, 0.29) is 5.91 Å². The molecule has 138 valence electrons. The highest BCUT2D eigenvalue weighted by molar-refractivity contribution is 7.22. The molecule has 0 saturated heterocycles. The molecular weight excluding hydrogens is 346 g/mol. The lowest BCUT2D eigenvalue weighted by molar-refractivity contribution is 0.0957. The van der Waals surface area contributed by atoms with Gasteiger partial charge in [0.2, 0.25) is 0 Å². The van der Waals surface area contributed by atoms with E-state index in [4.69, 9.17) is 9.40 Å². The molecule has 0 N–H and O–H groups in total. The zero-order valence-electron chi connectivity index (χ0n) is 15.8. The van der Waals surface area contributed by atoms with E-state index in [2.05, 4.69) is 44.7 Å². The van der Waals surface area contributed by atoms with Crippen molar-refractivity contribution in [2.45, 2.75) is 27.7 Å². The molecule has 1 aromatic carbocycles. The summed E-state index contributed by atoms with van der Waals surface area (Å²) in [6, 6.07) is 7.66. The maximum absolute atomic E-state index is 13.0. The number of aryl methyl sites for hydroxylation is 2. The number of thiazole rings is 1. The number of hydrogen-bond acceptors (Lipinski definition) is 5. The quantitative estimate of drug-likeness (QED) is 0.614. The molecule has 3 aromatic rings. The number of nitrogens with zero attached hydrogens (tertiary/aromatic N) is 3. The summed E-state index contributed by atoms with van der Waals surface area (Å²) >= 11 is 1.57. The molecule has 6 heteroatoms. The van der Waals surface area contributed by atoms with Crippen LogP contribution < -0.4 is 4.90 Å². The average molecular weight is 372 g/mol. The second-order valence-corrected chi connectivity index (χ2v) is 7.37. The minimum Gasteiger partial charge on any atom is -0.459 e. The Morgan fingerprint density at radius 3 is 2.62 bits per heavy atom. The summed E-state index contributed by atoms with van der Waals surface area (Å²) in [6.45, 7) is 11.7. The standard InChI is InChI=1S/C20H25N3O2S/c1-5-22(6-2)9-10-23(19(24)17-8-7-11-25-17)20-21-16-13-14(3)12-15(4)18(16)26-20/h7-8,11-13H,5-6,9-10H2,1-4H3. The van der Waals surface area contributed by atoms with Crippen LogP contribution in [-0.2, 0) is 0 Å². The maximum Gasteiger partial charge on any atom is 0.295 e. The normalized spacial score (nSPS) is 11.4. The van der Waals surface area contributed by atoms with Crippen LogP contribution in [0.15, 0.2) is 34.9 Å². The Kier molecular flexibility index (Phi) is 5.74. The summed E-state index contributed by atoms with van der Waals surface area (Å²) in [4.78, 5) is 21.8. The lowest BCUT2D eigenvalue weighted by Gasteiger charge is -2.24. The number of carbonyl (C=O) groups is 1. The van der Waals surface area contributed by atoms with Crippen LogP contribution in [0.2, 0.25) is 0 Å². The minimum absolute atomic E-state index is 0.143. The van der Waals surface area contributed by atoms with E-state index in [1.807, 2.05) is 0 Å². The van der Waals surface area contributed by atoms with Crippen molar-refractivity contribution in [3.05, 3.63) is 47.4 Å². The zero-order chi connectivity index (χ0) is 18.7. The molecule has 0 aliphatic heterocycles. The molecule has 0 spiro atoms. The third-order valence-corrected chi connectivity index (χ3v) is 5.78. The van der Waals surface area contributed by atoms with Gasteiger partial charge in [-0.05, 0) is 56.3 Å². The molecule has 2 heterocycles. The van der Waals surface area contributed by atoms with Crippen LogP contribution in [0.1, 0.15) is 35.5 Å². The summed E-state index contributed by atoms with van der Waals surface area (Å²) in [5.41, 5.74) is 3.32. The highest BCUT2D eigenvalue weighted by atomic mass is 32.1. The summed E-state index contributed by atoms with van der Waals surface area (Å²) in [5.74, 6) is 0.201. The highest BCUT2D eigenvalue weighted by Gasteiger charge is 2.24. The number of furan rings is 1. The molecule has 0 atom stereocenters. The molecule has 3 rings (SSSR count). The van der Waals surface area contributed by atoms with Crippen molar-refractivity contribution in [1.82, 2.24) is 9.88 Å². The van der Waals surface area contributed by atoms with E-state index in [0.717, 1.165) is 35.0 Å². The largest absolute Gasteiger partial charge is 0.459 e. The van der Waals surface area contributed by atoms with Gasteiger partial charge >= 0.3 is 0 Å². The van der Waals surface area contributed by atoms with E-state index in [1.165, 1.54) is 17.4 Å². The Morgan fingerprint density at radius 2 is 1.96 bits per heavy atom. The van der Waals surface area contributed by atoms with Crippen LogP contribution in [0, 0.1) is 13.8 Å². The maximum atomic E-state index is 13.0. The fourth-order valence-corrected chi connectivity index (χ4v) is 4.12. The summed E-state index contributed by atoms with van der Waals surface area (Å²) in [6.07, 6.45) is 1.53. The van der Waals surface area contributed by atoms with Crippen LogP contribution in [0.4, 0.5) is 5.13 Å². The monoisotopic (exact) mass is 371 g/mol. The number of rotatable bonds is 7. The van der Waals surface area contributed by atoms with Gasteiger partial charge in [0.15, 0.2) is 10.9 Å². The van der Waals surface area contributed by atoms with Crippen LogP contribution in [-0.4, -0.2) is 42.0 Å². The van der Waals surface area contributed by atoms with Crippen molar-refractivity contribution < 1.29 is 9.21 Å². The summed E-state index contributed by atoms with van der Waals surface area (Å²) in [7, 11) is 0. The number of hydrogen-bond donors (Lipinski definition) is 0. The van der Waals surface area contributed by atoms with Crippen LogP contribution in [0.25, 0.3) is 10.2 Å². The zero-order valence-corrected chi connectivity index (χ0v) is 16.6. The molecule has 2 aromatic heterocycles. The minimum atomic E-state index is -0.143. The number of carbonyl (C=O) groups excluding carboxylic acids is 1. The molecule has 0 bridgehead atoms. The van der Waals surface area contributed by atoms with Crippen molar-refractivity contribution in [1.29, 1.82) is 0 Å². The van der Waals surface area contributed by atoms with Crippen molar-refractivity contribution in [2.24, 2.45) is 0 Å². The number of likely N-dealkylation sites (N-methyl/N-ethyl adjacent to an activating group) is 1. The van der Waals surface area contributed by atoms with Crippen molar-refractivity contribution in [3.8, 4) is 0 Å². The smallest absolute Gasteiger partial charge is 0.295 e. The first-order valence-corrected chi connectivity index (χ1v) is 9.80. The first-order valence-electron chi connectivity index (χ1n) is 8.99. The lowest BCUT2D eigenvalue weighted by atomic mass is 10.1. The highest BCUT2D eigenvalue weighted by Crippen LogP contribution is 2.32. The van der Waals surface area contributed by atoms with Gasteiger partial charge in [-0.2, -0.15) is 0 Å². The van der Waals surface area contributed by atoms with E-state index < -0.39 is 0 Å². The molecule has 5 nitrogen and oxygen atoms in total. The lowest BCUT2D eigenvalue weighted by Crippen LogP contribution is -2.38. The Bertz CT molecular complexity index is 882. The van der Waals surface area contributed by atoms with Gasteiger partial charge in [0, 0.05) is 13.1 Å². The molecule has 0 unspecified atom stereocenters. The fraction of sp³-hybridized carbons (Fsp3) is 0.400. The van der Waals surface area contributed by atoms with Gasteiger partial charge < -0.3 is 9.32 Å². The van der Waals surface area contributed by atoms with Gasteiger partial charge in [0.05, 0.1) is 16.5 Å². The average Bonchev–Trinajstić information content (AvgIpc) is 3.28. The third-order valence-electron chi connectivity index (χ3n) is 4.55. The molecule has 0 saturated carbocycles. The van der Waals surface area contributed by atoms with Gasteiger partial charge in [-0.25, -0.2) is 4.98 Å². The second-order valence-electron chi connectivity index (χ2n) is 6.39. The molecule has 0 radical (unpaired) electrons. The third kappa shape index (κ3) is 3.81. The number of aromatic nitrogens is 1. The molecule has 0 aliphatic rings. The number of fused-ring (bicyclic) bond motifs is 1. The predicted octanol–water partition coefficient (Wildman–Crippen LogP) is 4.49. The van der Waals surface area contributed by atoms with E-state index in [9.17, 15) is 4.79 Å². The Labute approximate surface area is 158 Å². The Hall–Kier alpha value is -2.18. The van der Waals surface area contributed by atoms with Gasteiger partial charge in [-0.1, -0.05) is 31.3 Å². The van der Waals surface area contributed by atoms with Crippen molar-refractivity contribution in [3.63, 3.8) is 0 Å². The second kappa shape index (κ2) is 8.01. The van der Waals surface area contributed by atoms with Crippen LogP contribution in [0.3, 0.4) is 0 Å². The van der Waals surface area contributed by atoms with Crippen molar-refractivity contribution >= 4 is 32.6 Å². The molecular formula is C20H25N3O2S. The predicted molar refractivity (Wildman–Crippen MR) is 107 cm³/mol. The van der Waals surface area contributed by atoms with Gasteiger partial charge in [0.25, 0.3) is 5.91 Å². The Balaban J connectivity index is 1.96. The fourth-order valence-electron chi connectivity index (χ4n) is 3.08.